The molecule has 2 unspecified atom stereocenters. The van der Waals surface area contributed by atoms with Gasteiger partial charge in [0.15, 0.2) is 4.90 Å². The number of carbonyl (C=O) groups excluding carboxylic acids is 2. The Balaban J connectivity index is 1.16. The summed E-state index contributed by atoms with van der Waals surface area (Å²) in [5, 5.41) is 16.4. The van der Waals surface area contributed by atoms with Gasteiger partial charge in [-0.2, -0.15) is 0 Å². The fraction of sp³-hybridized carbons (Fsp3) is 0.211. The van der Waals surface area contributed by atoms with E-state index in [1.54, 1.807) is 4.90 Å². The molecule has 0 aromatic heterocycles. The van der Waals surface area contributed by atoms with Crippen LogP contribution in [0.4, 0.5) is 5.69 Å². The molecule has 1 fully saturated rings. The zero-order valence-corrected chi connectivity index (χ0v) is 27.5. The highest BCUT2D eigenvalue weighted by Gasteiger charge is 2.40. The summed E-state index contributed by atoms with van der Waals surface area (Å²) in [6, 6.07) is 35.6. The maximum Gasteiger partial charge on any atom is 0.289 e. The second-order valence-corrected chi connectivity index (χ2v) is 13.8. The molecule has 5 aromatic rings. The number of nitro benzene ring substituents is 1. The van der Waals surface area contributed by atoms with Crippen molar-refractivity contribution in [2.45, 2.75) is 49.2 Å². The first-order chi connectivity index (χ1) is 23.7. The van der Waals surface area contributed by atoms with E-state index in [1.807, 2.05) is 97.1 Å². The van der Waals surface area contributed by atoms with Gasteiger partial charge in [-0.3, -0.25) is 19.7 Å². The molecule has 0 saturated carbocycles. The largest absolute Gasteiger partial charge is 0.342 e. The lowest BCUT2D eigenvalue weighted by Gasteiger charge is -2.39. The van der Waals surface area contributed by atoms with Gasteiger partial charge in [0.1, 0.15) is 12.1 Å². The molecule has 1 aliphatic heterocycles. The van der Waals surface area contributed by atoms with Crippen LogP contribution < -0.4 is 10.0 Å². The van der Waals surface area contributed by atoms with Crippen molar-refractivity contribution >= 4 is 38.3 Å². The van der Waals surface area contributed by atoms with E-state index in [2.05, 4.69) is 10.0 Å². The number of nitrogens with one attached hydrogen (secondary N) is 2. The fourth-order valence-electron chi connectivity index (χ4n) is 6.25. The zero-order valence-electron chi connectivity index (χ0n) is 26.7. The van der Waals surface area contributed by atoms with Gasteiger partial charge in [-0.25, -0.2) is 13.1 Å². The van der Waals surface area contributed by atoms with Crippen LogP contribution in [0, 0.1) is 10.1 Å². The van der Waals surface area contributed by atoms with Crippen LogP contribution in [0.2, 0.25) is 0 Å². The zero-order chi connectivity index (χ0) is 34.4. The van der Waals surface area contributed by atoms with Crippen LogP contribution in [-0.4, -0.2) is 48.7 Å². The summed E-state index contributed by atoms with van der Waals surface area (Å²) < 4.78 is 28.1. The van der Waals surface area contributed by atoms with Crippen LogP contribution >= 0.6 is 0 Å². The van der Waals surface area contributed by atoms with E-state index in [9.17, 15) is 28.1 Å². The Labute approximate surface area is 285 Å². The average Bonchev–Trinajstić information content (AvgIpc) is 3.12. The second kappa shape index (κ2) is 14.8. The maximum absolute atomic E-state index is 14.1. The van der Waals surface area contributed by atoms with Crippen LogP contribution in [-0.2, 0) is 32.6 Å². The van der Waals surface area contributed by atoms with E-state index in [4.69, 9.17) is 0 Å². The van der Waals surface area contributed by atoms with E-state index < -0.39 is 37.6 Å². The number of fused-ring (bicyclic) bond motifs is 1. The molecule has 0 bridgehead atoms. The van der Waals surface area contributed by atoms with Crippen molar-refractivity contribution < 1.29 is 22.9 Å². The molecule has 1 aliphatic rings. The predicted molar refractivity (Wildman–Crippen MR) is 188 cm³/mol. The van der Waals surface area contributed by atoms with Gasteiger partial charge < -0.3 is 10.2 Å². The van der Waals surface area contributed by atoms with Gasteiger partial charge in [-0.15, -0.1) is 0 Å². The predicted octanol–water partition coefficient (Wildman–Crippen LogP) is 6.00. The minimum absolute atomic E-state index is 0.0161. The molecular formula is C38H36N4O6S. The molecule has 250 valence electrons. The molecule has 11 heteroatoms. The normalized spacial score (nSPS) is 16.4. The van der Waals surface area contributed by atoms with Crippen molar-refractivity contribution in [2.24, 2.45) is 0 Å². The number of carbonyl (C=O) groups is 2. The third kappa shape index (κ3) is 7.85. The third-order valence-corrected chi connectivity index (χ3v) is 10.3. The van der Waals surface area contributed by atoms with Crippen molar-refractivity contribution in [3.63, 3.8) is 0 Å². The molecule has 1 heterocycles. The molecule has 2 N–H and O–H groups in total. The minimum atomic E-state index is -4.12. The molecule has 0 aliphatic carbocycles. The molecule has 5 aromatic carbocycles. The van der Waals surface area contributed by atoms with Crippen molar-refractivity contribution in [3.05, 3.63) is 143 Å². The highest BCUT2D eigenvalue weighted by atomic mass is 32.2. The van der Waals surface area contributed by atoms with E-state index in [0.717, 1.165) is 39.1 Å². The Morgan fingerprint density at radius 1 is 0.755 bits per heavy atom. The Morgan fingerprint density at radius 3 is 2.16 bits per heavy atom. The number of benzene rings is 5. The molecule has 0 spiro atoms. The van der Waals surface area contributed by atoms with E-state index >= 15 is 0 Å². The molecule has 49 heavy (non-hydrogen) atoms. The van der Waals surface area contributed by atoms with Gasteiger partial charge >= 0.3 is 0 Å². The van der Waals surface area contributed by atoms with E-state index in [-0.39, 0.29) is 24.9 Å². The van der Waals surface area contributed by atoms with E-state index in [1.165, 1.54) is 18.2 Å². The summed E-state index contributed by atoms with van der Waals surface area (Å²) in [6.07, 6.45) is 1.45. The minimum Gasteiger partial charge on any atom is -0.342 e. The Morgan fingerprint density at radius 2 is 1.41 bits per heavy atom. The number of nitro groups is 1. The third-order valence-electron chi connectivity index (χ3n) is 8.79. The number of amides is 2. The van der Waals surface area contributed by atoms with Gasteiger partial charge in [-0.1, -0.05) is 109 Å². The highest BCUT2D eigenvalue weighted by Crippen LogP contribution is 2.26. The summed E-state index contributed by atoms with van der Waals surface area (Å²) >= 11 is 0. The lowest BCUT2D eigenvalue weighted by atomic mass is 9.95. The summed E-state index contributed by atoms with van der Waals surface area (Å²) in [7, 11) is -4.12. The number of nitrogens with zero attached hydrogens (tertiary/aromatic N) is 2. The molecule has 2 amide bonds. The van der Waals surface area contributed by atoms with E-state index in [0.29, 0.717) is 25.7 Å². The Hall–Kier alpha value is -5.39. The smallest absolute Gasteiger partial charge is 0.289 e. The molecule has 0 radical (unpaired) electrons. The highest BCUT2D eigenvalue weighted by molar-refractivity contribution is 7.89. The summed E-state index contributed by atoms with van der Waals surface area (Å²) in [5.41, 5.74) is 3.44. The number of rotatable bonds is 13. The molecular weight excluding hydrogens is 641 g/mol. The molecule has 2 atom stereocenters. The topological polar surface area (TPSA) is 139 Å². The number of hydrogen-bond acceptors (Lipinski definition) is 6. The SMILES string of the molecule is O=C1NC(Cc2ccc3ccccc3c2)C(=O)N(Cc2ccc(-c3ccccc3)cc2)C1CCCCNS(=O)(=O)c1ccccc1[N+](=O)[O-]. The van der Waals surface area contributed by atoms with Crippen molar-refractivity contribution in [1.29, 1.82) is 0 Å². The summed E-state index contributed by atoms with van der Waals surface area (Å²) in [5.74, 6) is -0.436. The average molecular weight is 677 g/mol. The van der Waals surface area contributed by atoms with Crippen LogP contribution in [0.25, 0.3) is 21.9 Å². The second-order valence-electron chi connectivity index (χ2n) is 12.1. The lowest BCUT2D eigenvalue weighted by Crippen LogP contribution is -2.63. The first-order valence-corrected chi connectivity index (χ1v) is 17.6. The lowest BCUT2D eigenvalue weighted by molar-refractivity contribution is -0.387. The Kier molecular flexibility index (Phi) is 10.1. The van der Waals surface area contributed by atoms with Crippen LogP contribution in [0.1, 0.15) is 30.4 Å². The Bertz CT molecular complexity index is 2090. The van der Waals surface area contributed by atoms with Crippen LogP contribution in [0.3, 0.4) is 0 Å². The molecule has 10 nitrogen and oxygen atoms in total. The maximum atomic E-state index is 14.1. The van der Waals surface area contributed by atoms with Crippen molar-refractivity contribution in [1.82, 2.24) is 14.9 Å². The number of para-hydroxylation sites is 1. The van der Waals surface area contributed by atoms with Crippen LogP contribution in [0.15, 0.2) is 126 Å². The first-order valence-electron chi connectivity index (χ1n) is 16.2. The van der Waals surface area contributed by atoms with Gasteiger partial charge in [0, 0.05) is 25.6 Å². The summed E-state index contributed by atoms with van der Waals surface area (Å²) in [6.45, 7) is 0.257. The fourth-order valence-corrected chi connectivity index (χ4v) is 7.50. The molecule has 1 saturated heterocycles. The molecule has 6 rings (SSSR count). The first kappa shape index (κ1) is 33.5. The van der Waals surface area contributed by atoms with Gasteiger partial charge in [0.25, 0.3) is 5.69 Å². The monoisotopic (exact) mass is 676 g/mol. The van der Waals surface area contributed by atoms with Crippen molar-refractivity contribution in [3.8, 4) is 11.1 Å². The summed E-state index contributed by atoms with van der Waals surface area (Å²) in [4.78, 5) is 39.5. The number of hydrogen-bond donors (Lipinski definition) is 2. The number of unbranched alkanes of at least 4 members (excludes halogenated alkanes) is 1. The van der Waals surface area contributed by atoms with Crippen LogP contribution in [0.5, 0.6) is 0 Å². The van der Waals surface area contributed by atoms with Gasteiger partial charge in [0.05, 0.1) is 4.92 Å². The standard InChI is InChI=1S/C38H36N4O6S/c43-37-35(15-8-9-23-39-49(47,48)36-16-7-6-14-34(36)42(45)46)41(26-27-17-20-31(21-18-27)29-10-2-1-3-11-29)38(44)33(40-37)25-28-19-22-30-12-4-5-13-32(30)24-28/h1-7,10-14,16-22,24,33,35,39H,8-9,15,23,25-26H2,(H,40,43). The quantitative estimate of drug-likeness (QED) is 0.0891. The number of sulfonamides is 1. The van der Waals surface area contributed by atoms with Crippen molar-refractivity contribution in [2.75, 3.05) is 6.54 Å². The van der Waals surface area contributed by atoms with Gasteiger partial charge in [0.2, 0.25) is 21.8 Å². The van der Waals surface area contributed by atoms with Gasteiger partial charge in [-0.05, 0) is 58.4 Å². The number of piperazine rings is 1.